The van der Waals surface area contributed by atoms with Crippen LogP contribution in [0.25, 0.3) is 0 Å². The first-order chi connectivity index (χ1) is 10.1. The van der Waals surface area contributed by atoms with Crippen LogP contribution in [-0.2, 0) is 14.3 Å². The molecule has 5 nitrogen and oxygen atoms in total. The van der Waals surface area contributed by atoms with Crippen LogP contribution < -0.4 is 10.5 Å². The number of nitrogens with two attached hydrogens (primary N) is 1. The summed E-state index contributed by atoms with van der Waals surface area (Å²) in [6.45, 7) is 1.04. The van der Waals surface area contributed by atoms with Gasteiger partial charge in [0.15, 0.2) is 0 Å². The quantitative estimate of drug-likeness (QED) is 0.542. The predicted molar refractivity (Wildman–Crippen MR) is 84.3 cm³/mol. The van der Waals surface area contributed by atoms with Gasteiger partial charge in [-0.05, 0) is 46.5 Å². The Morgan fingerprint density at radius 1 is 1.33 bits per heavy atom. The molecule has 0 aliphatic carbocycles. The average molecular weight is 360 g/mol. The monoisotopic (exact) mass is 359 g/mol. The number of benzene rings is 1. The Hall–Kier alpha value is -1.11. The Morgan fingerprint density at radius 2 is 2.10 bits per heavy atom. The molecule has 0 aliphatic heterocycles. The minimum atomic E-state index is -0.203. The standard InChI is InChI=1S/C15H22BrNO4/c1-19-8-9-21-14-7-6-11(10-12(14)16)13(17)4-3-5-15(18)20-2/h6-7,10,13H,3-5,8-9,17H2,1-2H3. The SMILES string of the molecule is COCCOc1ccc(C(N)CCCC(=O)OC)cc1Br. The maximum absolute atomic E-state index is 11.1. The molecule has 6 heteroatoms. The molecule has 0 saturated heterocycles. The number of carbonyl (C=O) groups excluding carboxylic acids is 1. The Labute approximate surface area is 133 Å². The van der Waals surface area contributed by atoms with Crippen molar-refractivity contribution in [2.75, 3.05) is 27.4 Å². The van der Waals surface area contributed by atoms with Crippen LogP contribution >= 0.6 is 15.9 Å². The Bertz CT molecular complexity index is 453. The number of rotatable bonds is 9. The van der Waals surface area contributed by atoms with Crippen LogP contribution in [0.4, 0.5) is 0 Å². The zero-order valence-electron chi connectivity index (χ0n) is 12.4. The lowest BCUT2D eigenvalue weighted by molar-refractivity contribution is -0.140. The summed E-state index contributed by atoms with van der Waals surface area (Å²) in [5.74, 6) is 0.558. The van der Waals surface area contributed by atoms with Crippen LogP contribution in [0.15, 0.2) is 22.7 Å². The van der Waals surface area contributed by atoms with Crippen LogP contribution in [0.3, 0.4) is 0 Å². The van der Waals surface area contributed by atoms with Crippen molar-refractivity contribution in [1.29, 1.82) is 0 Å². The summed E-state index contributed by atoms with van der Waals surface area (Å²) < 4.78 is 16.0. The molecule has 0 fully saturated rings. The van der Waals surface area contributed by atoms with Gasteiger partial charge in [0.2, 0.25) is 0 Å². The first-order valence-electron chi connectivity index (χ1n) is 6.82. The van der Waals surface area contributed by atoms with Gasteiger partial charge in [-0.1, -0.05) is 6.07 Å². The Balaban J connectivity index is 2.51. The van der Waals surface area contributed by atoms with Crippen LogP contribution in [0.1, 0.15) is 30.9 Å². The maximum atomic E-state index is 11.1. The lowest BCUT2D eigenvalue weighted by Crippen LogP contribution is -2.12. The largest absolute Gasteiger partial charge is 0.490 e. The first kappa shape index (κ1) is 17.9. The van der Waals surface area contributed by atoms with Gasteiger partial charge in [-0.25, -0.2) is 0 Å². The number of hydrogen-bond acceptors (Lipinski definition) is 5. The minimum absolute atomic E-state index is 0.112. The minimum Gasteiger partial charge on any atom is -0.490 e. The van der Waals surface area contributed by atoms with E-state index >= 15 is 0 Å². The fourth-order valence-corrected chi connectivity index (χ4v) is 2.35. The molecule has 0 aromatic heterocycles. The summed E-state index contributed by atoms with van der Waals surface area (Å²) >= 11 is 3.47. The van der Waals surface area contributed by atoms with Gasteiger partial charge in [0.05, 0.1) is 18.2 Å². The van der Waals surface area contributed by atoms with Gasteiger partial charge in [0, 0.05) is 19.6 Å². The van der Waals surface area contributed by atoms with Crippen molar-refractivity contribution < 1.29 is 19.0 Å². The second-order valence-corrected chi connectivity index (χ2v) is 5.46. The third-order valence-electron chi connectivity index (χ3n) is 3.05. The fraction of sp³-hybridized carbons (Fsp3) is 0.533. The molecule has 0 bridgehead atoms. The highest BCUT2D eigenvalue weighted by Gasteiger charge is 2.10. The second kappa shape index (κ2) is 9.76. The molecule has 21 heavy (non-hydrogen) atoms. The summed E-state index contributed by atoms with van der Waals surface area (Å²) in [6, 6.07) is 5.66. The second-order valence-electron chi connectivity index (χ2n) is 4.61. The van der Waals surface area contributed by atoms with Crippen molar-refractivity contribution in [1.82, 2.24) is 0 Å². The van der Waals surface area contributed by atoms with Gasteiger partial charge in [-0.3, -0.25) is 4.79 Å². The van der Waals surface area contributed by atoms with Gasteiger partial charge < -0.3 is 19.9 Å². The molecule has 0 spiro atoms. The van der Waals surface area contributed by atoms with E-state index in [4.69, 9.17) is 15.2 Å². The van der Waals surface area contributed by atoms with Crippen molar-refractivity contribution in [2.24, 2.45) is 5.73 Å². The lowest BCUT2D eigenvalue weighted by Gasteiger charge is -2.14. The van der Waals surface area contributed by atoms with E-state index in [1.165, 1.54) is 7.11 Å². The van der Waals surface area contributed by atoms with E-state index in [1.54, 1.807) is 7.11 Å². The molecule has 1 rings (SSSR count). The summed E-state index contributed by atoms with van der Waals surface area (Å²) in [5.41, 5.74) is 7.13. The summed E-state index contributed by atoms with van der Waals surface area (Å²) in [6.07, 6.45) is 1.83. The molecule has 0 heterocycles. The normalized spacial score (nSPS) is 12.0. The number of hydrogen-bond donors (Lipinski definition) is 1. The molecule has 0 aliphatic rings. The van der Waals surface area contributed by atoms with Crippen molar-refractivity contribution in [3.8, 4) is 5.75 Å². The highest BCUT2D eigenvalue weighted by molar-refractivity contribution is 9.10. The van der Waals surface area contributed by atoms with E-state index in [0.29, 0.717) is 26.1 Å². The molecule has 0 radical (unpaired) electrons. The zero-order valence-corrected chi connectivity index (χ0v) is 14.0. The summed E-state index contributed by atoms with van der Waals surface area (Å²) in [4.78, 5) is 11.1. The average Bonchev–Trinajstić information content (AvgIpc) is 2.48. The van der Waals surface area contributed by atoms with Gasteiger partial charge in [0.25, 0.3) is 0 Å². The van der Waals surface area contributed by atoms with Crippen molar-refractivity contribution in [3.63, 3.8) is 0 Å². The molecule has 1 atom stereocenters. The van der Waals surface area contributed by atoms with Gasteiger partial charge in [-0.15, -0.1) is 0 Å². The lowest BCUT2D eigenvalue weighted by atomic mass is 10.0. The molecule has 1 aromatic carbocycles. The van der Waals surface area contributed by atoms with Gasteiger partial charge >= 0.3 is 5.97 Å². The number of halogens is 1. The van der Waals surface area contributed by atoms with E-state index < -0.39 is 0 Å². The van der Waals surface area contributed by atoms with Crippen LogP contribution in [0, 0.1) is 0 Å². The number of carbonyl (C=O) groups is 1. The van der Waals surface area contributed by atoms with Crippen LogP contribution in [-0.4, -0.2) is 33.4 Å². The highest BCUT2D eigenvalue weighted by Crippen LogP contribution is 2.29. The molecule has 0 saturated carbocycles. The smallest absolute Gasteiger partial charge is 0.305 e. The number of methoxy groups -OCH3 is 2. The van der Waals surface area contributed by atoms with E-state index in [-0.39, 0.29) is 12.0 Å². The van der Waals surface area contributed by atoms with Crippen LogP contribution in [0.5, 0.6) is 5.75 Å². The van der Waals surface area contributed by atoms with Gasteiger partial charge in [-0.2, -0.15) is 0 Å². The molecule has 2 N–H and O–H groups in total. The zero-order chi connectivity index (χ0) is 15.7. The third kappa shape index (κ3) is 6.46. The Kier molecular flexibility index (Phi) is 8.34. The van der Waals surface area contributed by atoms with Crippen molar-refractivity contribution >= 4 is 21.9 Å². The first-order valence-corrected chi connectivity index (χ1v) is 7.61. The topological polar surface area (TPSA) is 70.8 Å². The van der Waals surface area contributed by atoms with E-state index in [9.17, 15) is 4.79 Å². The predicted octanol–water partition coefficient (Wildman–Crippen LogP) is 2.82. The fourth-order valence-electron chi connectivity index (χ4n) is 1.83. The molecule has 1 aromatic rings. The molecular formula is C15H22BrNO4. The molecule has 118 valence electrons. The molecule has 0 amide bonds. The molecular weight excluding hydrogens is 338 g/mol. The van der Waals surface area contributed by atoms with E-state index in [2.05, 4.69) is 20.7 Å². The van der Waals surface area contributed by atoms with Gasteiger partial charge in [0.1, 0.15) is 12.4 Å². The van der Waals surface area contributed by atoms with E-state index in [0.717, 1.165) is 22.2 Å². The summed E-state index contributed by atoms with van der Waals surface area (Å²) in [7, 11) is 3.02. The van der Waals surface area contributed by atoms with Crippen LogP contribution in [0.2, 0.25) is 0 Å². The Morgan fingerprint density at radius 3 is 2.71 bits per heavy atom. The molecule has 1 unspecified atom stereocenters. The van der Waals surface area contributed by atoms with E-state index in [1.807, 2.05) is 18.2 Å². The van der Waals surface area contributed by atoms with Crippen molar-refractivity contribution in [2.45, 2.75) is 25.3 Å². The number of esters is 1. The summed E-state index contributed by atoms with van der Waals surface area (Å²) in [5, 5.41) is 0. The van der Waals surface area contributed by atoms with Crippen molar-refractivity contribution in [3.05, 3.63) is 28.2 Å². The third-order valence-corrected chi connectivity index (χ3v) is 3.67. The number of ether oxygens (including phenoxy) is 3. The maximum Gasteiger partial charge on any atom is 0.305 e. The highest BCUT2D eigenvalue weighted by atomic mass is 79.9.